The van der Waals surface area contributed by atoms with E-state index in [0.717, 1.165) is 12.8 Å². The van der Waals surface area contributed by atoms with Crippen molar-refractivity contribution in [3.63, 3.8) is 0 Å². The summed E-state index contributed by atoms with van der Waals surface area (Å²) >= 11 is 0. The molecule has 1 aliphatic heterocycles. The molecule has 8 amide bonds. The Balaban J connectivity index is 1.08. The van der Waals surface area contributed by atoms with Gasteiger partial charge in [-0.05, 0) is 79.1 Å². The van der Waals surface area contributed by atoms with Gasteiger partial charge in [0.05, 0.1) is 37.2 Å². The summed E-state index contributed by atoms with van der Waals surface area (Å²) in [6.45, 7) is 7.77. The predicted molar refractivity (Wildman–Crippen MR) is 289 cm³/mol. The Labute approximate surface area is 464 Å². The van der Waals surface area contributed by atoms with Crippen LogP contribution in [0.1, 0.15) is 99.7 Å². The molecular formula is C55H65F4N11O11. The van der Waals surface area contributed by atoms with Crippen LogP contribution in [0.4, 0.5) is 44.2 Å². The number of urea groups is 1. The second-order valence-electron chi connectivity index (χ2n) is 18.8. The Morgan fingerprint density at radius 2 is 1.47 bits per heavy atom. The van der Waals surface area contributed by atoms with E-state index in [1.165, 1.54) is 12.4 Å². The van der Waals surface area contributed by atoms with Crippen LogP contribution in [0.15, 0.2) is 77.6 Å². The zero-order valence-corrected chi connectivity index (χ0v) is 45.1. The number of primary amides is 1. The number of esters is 1. The first-order valence-corrected chi connectivity index (χ1v) is 25.9. The van der Waals surface area contributed by atoms with Gasteiger partial charge in [-0.1, -0.05) is 45.9 Å². The molecule has 1 aliphatic rings. The Bertz CT molecular complexity index is 2970. The van der Waals surface area contributed by atoms with E-state index in [2.05, 4.69) is 46.6 Å². The van der Waals surface area contributed by atoms with Crippen molar-refractivity contribution >= 4 is 76.6 Å². The first kappa shape index (κ1) is 62.9. The van der Waals surface area contributed by atoms with E-state index < -0.39 is 102 Å². The zero-order valence-electron chi connectivity index (χ0n) is 45.1. The zero-order chi connectivity index (χ0) is 59.2. The van der Waals surface area contributed by atoms with Crippen LogP contribution >= 0.6 is 0 Å². The fourth-order valence-corrected chi connectivity index (χ4v) is 7.93. The monoisotopic (exact) mass is 1130 g/mol. The number of hydrogen-bond donors (Lipinski definition) is 8. The van der Waals surface area contributed by atoms with E-state index in [9.17, 15) is 55.9 Å². The summed E-state index contributed by atoms with van der Waals surface area (Å²) in [6, 6.07) is 9.66. The number of nitrogens with two attached hydrogens (primary N) is 2. The number of nitrogens with one attached hydrogen (secondary N) is 6. The third-order valence-electron chi connectivity index (χ3n) is 12.0. The number of rotatable bonds is 28. The molecule has 2 atom stereocenters. The highest BCUT2D eigenvalue weighted by Gasteiger charge is 2.30. The van der Waals surface area contributed by atoms with E-state index in [1.807, 2.05) is 13.8 Å². The van der Waals surface area contributed by atoms with Gasteiger partial charge in [-0.3, -0.25) is 33.8 Å². The molecule has 0 spiro atoms. The van der Waals surface area contributed by atoms with Gasteiger partial charge in [0.25, 0.3) is 5.91 Å². The van der Waals surface area contributed by atoms with Crippen LogP contribution in [0.25, 0.3) is 6.08 Å². The normalized spacial score (nSPS) is 12.5. The molecule has 3 aromatic carbocycles. The molecule has 434 valence electrons. The van der Waals surface area contributed by atoms with Gasteiger partial charge in [-0.25, -0.2) is 23.4 Å². The van der Waals surface area contributed by atoms with Gasteiger partial charge in [0.1, 0.15) is 24.5 Å². The van der Waals surface area contributed by atoms with Crippen LogP contribution in [-0.4, -0.2) is 108 Å². The number of benzene rings is 3. The van der Waals surface area contributed by atoms with Crippen LogP contribution in [0.3, 0.4) is 0 Å². The molecular weight excluding hydrogens is 1070 g/mol. The number of halogens is 4. The van der Waals surface area contributed by atoms with E-state index in [0.29, 0.717) is 52.4 Å². The highest BCUT2D eigenvalue weighted by molar-refractivity contribution is 6.08. The maximum absolute atomic E-state index is 13.8. The number of carbonyl (C=O) groups excluding carboxylic acids is 8. The molecule has 0 unspecified atom stereocenters. The van der Waals surface area contributed by atoms with Crippen LogP contribution < -0.4 is 48.1 Å². The molecule has 10 N–H and O–H groups in total. The molecule has 0 aliphatic carbocycles. The molecule has 22 nitrogen and oxygen atoms in total. The number of alkyl carbamates (subject to hydrolysis) is 1. The Morgan fingerprint density at radius 3 is 2.14 bits per heavy atom. The van der Waals surface area contributed by atoms with Crippen molar-refractivity contribution in [2.24, 2.45) is 22.4 Å². The van der Waals surface area contributed by atoms with Crippen molar-refractivity contribution in [2.45, 2.75) is 97.9 Å². The summed E-state index contributed by atoms with van der Waals surface area (Å²) < 4.78 is 69.6. The van der Waals surface area contributed by atoms with Crippen molar-refractivity contribution in [3.8, 4) is 5.75 Å². The SMILES string of the molecule is CCCN(CCC)C(=O)C1=Cc2ccc(C(=O)Nc3cncc(CNC(=O)OCc4ccc(NC(=O)[C@H](CCCNC(N)=O)NC(=O)[C@@H](NC(=O)CCOCCC(=O)Oc5c(F)c(F)cc(F)c5F)C(C)C)cc4)c3)cc2N=C(N)C1. The number of nitrogens with zero attached hydrogens (tertiary/aromatic N) is 3. The standard InChI is InChI=1S/C55H65F4N11O11/c1-5-18-70(19-6-2)53(76)36-23-34-11-12-35(24-42(34)67-43(60)25-36)50(73)66-38-22-33(27-62-29-38)28-64-55(78)80-30-32-9-13-37(14-10-32)65-51(74)41(8-7-17-63-54(61)77)68-52(75)48(31(3)4)69-44(71)15-20-79-21-16-45(72)81-49-46(58)39(56)26-40(57)47(49)59/h9-14,22-24,26-27,29,31,41,48H,5-8,15-21,25,28,30H2,1-4H3,(H2,60,67)(H,64,78)(H,65,74)(H,66,73)(H,68,75)(H,69,71)(H3,61,63,77)/t41-,48-/m0/s1. The summed E-state index contributed by atoms with van der Waals surface area (Å²) in [7, 11) is 0. The Kier molecular flexibility index (Phi) is 24.1. The number of hydrogen-bond acceptors (Lipinski definition) is 14. The van der Waals surface area contributed by atoms with Crippen LogP contribution in [0.5, 0.6) is 5.75 Å². The van der Waals surface area contributed by atoms with Crippen molar-refractivity contribution in [2.75, 3.05) is 43.5 Å². The second kappa shape index (κ2) is 31.0. The van der Waals surface area contributed by atoms with Gasteiger partial charge in [0.2, 0.25) is 41.0 Å². The first-order chi connectivity index (χ1) is 38.6. The lowest BCUT2D eigenvalue weighted by Crippen LogP contribution is -2.54. The first-order valence-electron chi connectivity index (χ1n) is 25.9. The minimum Gasteiger partial charge on any atom is -0.445 e. The predicted octanol–water partition coefficient (Wildman–Crippen LogP) is 6.16. The third kappa shape index (κ3) is 19.7. The molecule has 1 aromatic heterocycles. The Morgan fingerprint density at radius 1 is 0.778 bits per heavy atom. The largest absolute Gasteiger partial charge is 0.445 e. The fraction of sp³-hybridized carbons (Fsp3) is 0.382. The number of aromatic nitrogens is 1. The molecule has 0 fully saturated rings. The second-order valence-corrected chi connectivity index (χ2v) is 18.8. The van der Waals surface area contributed by atoms with E-state index in [4.69, 9.17) is 20.9 Å². The molecule has 26 heteroatoms. The fourth-order valence-electron chi connectivity index (χ4n) is 7.93. The maximum Gasteiger partial charge on any atom is 0.407 e. The van der Waals surface area contributed by atoms with Crippen molar-refractivity contribution < 1.29 is 70.1 Å². The van der Waals surface area contributed by atoms with Crippen molar-refractivity contribution in [1.82, 2.24) is 31.2 Å². The van der Waals surface area contributed by atoms with Crippen LogP contribution in [0, 0.1) is 29.2 Å². The highest BCUT2D eigenvalue weighted by Crippen LogP contribution is 2.30. The average molecular weight is 1130 g/mol. The number of aliphatic imine (C=N–C) groups is 1. The number of amidine groups is 1. The minimum absolute atomic E-state index is 0.00375. The quantitative estimate of drug-likeness (QED) is 0.0104. The number of amides is 8. The summed E-state index contributed by atoms with van der Waals surface area (Å²) in [4.78, 5) is 113. The number of carbonyl (C=O) groups is 8. The number of pyridine rings is 1. The van der Waals surface area contributed by atoms with Gasteiger partial charge >= 0.3 is 18.1 Å². The van der Waals surface area contributed by atoms with Gasteiger partial charge < -0.3 is 62.5 Å². The number of ether oxygens (including phenoxy) is 3. The van der Waals surface area contributed by atoms with Crippen LogP contribution in [0.2, 0.25) is 0 Å². The molecule has 0 saturated carbocycles. The number of fused-ring (bicyclic) bond motifs is 1. The summed E-state index contributed by atoms with van der Waals surface area (Å²) in [5, 5.41) is 15.8. The lowest BCUT2D eigenvalue weighted by Gasteiger charge is -2.25. The smallest absolute Gasteiger partial charge is 0.407 e. The van der Waals surface area contributed by atoms with Crippen molar-refractivity contribution in [3.05, 3.63) is 118 Å². The molecule has 0 saturated heterocycles. The molecule has 0 radical (unpaired) electrons. The minimum atomic E-state index is -1.90. The Hall–Kier alpha value is -8.94. The van der Waals surface area contributed by atoms with E-state index >= 15 is 0 Å². The van der Waals surface area contributed by atoms with Crippen molar-refractivity contribution in [1.29, 1.82) is 0 Å². The van der Waals surface area contributed by atoms with Gasteiger partial charge in [0.15, 0.2) is 11.6 Å². The molecule has 4 aromatic rings. The number of anilines is 2. The lowest BCUT2D eigenvalue weighted by molar-refractivity contribution is -0.136. The van der Waals surface area contributed by atoms with Gasteiger partial charge in [-0.15, -0.1) is 0 Å². The summed E-state index contributed by atoms with van der Waals surface area (Å²) in [5.74, 6) is -13.0. The van der Waals surface area contributed by atoms with Gasteiger partial charge in [0, 0.05) is 73.7 Å². The topological polar surface area (TPSA) is 317 Å². The summed E-state index contributed by atoms with van der Waals surface area (Å²) in [6.07, 6.45) is 5.06. The molecule has 5 rings (SSSR count). The molecule has 0 bridgehead atoms. The van der Waals surface area contributed by atoms with Gasteiger partial charge in [-0.2, -0.15) is 8.78 Å². The highest BCUT2D eigenvalue weighted by atomic mass is 19.2. The van der Waals surface area contributed by atoms with E-state index in [-0.39, 0.29) is 75.4 Å². The van der Waals surface area contributed by atoms with Crippen LogP contribution in [-0.2, 0) is 46.6 Å². The van der Waals surface area contributed by atoms with E-state index in [1.54, 1.807) is 73.4 Å². The maximum atomic E-state index is 13.8. The summed E-state index contributed by atoms with van der Waals surface area (Å²) in [5.41, 5.74) is 15.1. The molecule has 81 heavy (non-hydrogen) atoms. The molecule has 2 heterocycles. The third-order valence-corrected chi connectivity index (χ3v) is 12.0. The average Bonchev–Trinajstić information content (AvgIpc) is 3.67. The lowest BCUT2D eigenvalue weighted by atomic mass is 10.0.